The topological polar surface area (TPSA) is 17.1 Å². The molecule has 0 aromatic carbocycles. The number of rotatable bonds is 2. The van der Waals surface area contributed by atoms with Gasteiger partial charge in [0.25, 0.3) is 0 Å². The van der Waals surface area contributed by atoms with E-state index in [1.54, 1.807) is 67.8 Å². The number of hydrogen-bond acceptors (Lipinski definition) is 1. The van der Waals surface area contributed by atoms with Gasteiger partial charge in [0.05, 0.1) is 0 Å². The molecule has 0 N–H and O–H groups in total. The summed E-state index contributed by atoms with van der Waals surface area (Å²) in [6.45, 7) is 0. The lowest BCUT2D eigenvalue weighted by Gasteiger charge is -2.11. The lowest BCUT2D eigenvalue weighted by molar-refractivity contribution is -0.170. The fraction of sp³-hybridized carbons (Fsp3) is 0.750. The smallest absolute Gasteiger partial charge is 0.289 e. The molecule has 0 saturated heterocycles. The van der Waals surface area contributed by atoms with Crippen LogP contribution in [-0.2, 0) is 4.79 Å². The van der Waals surface area contributed by atoms with E-state index in [9.17, 15) is 18.0 Å². The highest BCUT2D eigenvalue weighted by Crippen LogP contribution is 2.40. The second-order valence-corrected chi connectivity index (χ2v) is 13.4. The molecule has 0 aliphatic rings. The van der Waals surface area contributed by atoms with E-state index < -0.39 is 17.8 Å². The zero-order chi connectivity index (χ0) is 9.28. The van der Waals surface area contributed by atoms with Gasteiger partial charge >= 0.3 is 6.18 Å². The van der Waals surface area contributed by atoms with Gasteiger partial charge < -0.3 is 0 Å². The van der Waals surface area contributed by atoms with Crippen molar-refractivity contribution in [3.8, 4) is 0 Å². The third kappa shape index (κ3) is 6.78. The summed E-state index contributed by atoms with van der Waals surface area (Å²) in [7, 11) is 0. The van der Waals surface area contributed by atoms with Crippen molar-refractivity contribution in [1.29, 1.82) is 0 Å². The average molecular weight is 504 g/mol. The first-order valence-electron chi connectivity index (χ1n) is 2.30. The Morgan fingerprint density at radius 3 is 1.64 bits per heavy atom. The number of carbonyl (C=O) groups is 1. The van der Waals surface area contributed by atoms with Crippen molar-refractivity contribution in [2.75, 3.05) is 0 Å². The Hall–Kier alpha value is 1.65. The summed E-state index contributed by atoms with van der Waals surface area (Å²) in [5.41, 5.74) is 0. The van der Waals surface area contributed by atoms with Crippen LogP contribution < -0.4 is 0 Å². The van der Waals surface area contributed by atoms with Crippen LogP contribution in [0.3, 0.4) is 0 Å². The number of Topliss-reactive ketones (excluding diaryl/α,β-unsaturated/α-hetero) is 1. The van der Waals surface area contributed by atoms with E-state index in [0.29, 0.717) is 0 Å². The summed E-state index contributed by atoms with van der Waals surface area (Å²) >= 11 is 5.35. The molecule has 0 aromatic rings. The Balaban J connectivity index is 4.11. The Kier molecular flexibility index (Phi) is 4.88. The Morgan fingerprint density at radius 2 is 1.55 bits per heavy atom. The van der Waals surface area contributed by atoms with Crippen molar-refractivity contribution in [3.63, 3.8) is 0 Å². The average Bonchev–Trinajstić information content (AvgIpc) is 1.56. The fourth-order valence-electron chi connectivity index (χ4n) is 0.282. The summed E-state index contributed by atoms with van der Waals surface area (Å²) in [5, 5.41) is 0. The van der Waals surface area contributed by atoms with Crippen molar-refractivity contribution >= 4 is 73.6 Å². The molecule has 0 saturated carbocycles. The van der Waals surface area contributed by atoms with Crippen LogP contribution in [0.25, 0.3) is 0 Å². The van der Waals surface area contributed by atoms with Crippen molar-refractivity contribution in [2.24, 2.45) is 0 Å². The number of hydrogen-bond donors (Lipinski definition) is 0. The highest BCUT2D eigenvalue weighted by molar-refractivity contribution is 14.3. The zero-order valence-electron chi connectivity index (χ0n) is 4.88. The maximum Gasteiger partial charge on any atom is 0.450 e. The quantitative estimate of drug-likeness (QED) is 0.417. The summed E-state index contributed by atoms with van der Waals surface area (Å²) in [6.07, 6.45) is -5.18. The first-order chi connectivity index (χ1) is 4.63. The molecule has 0 aliphatic heterocycles. The fourth-order valence-corrected chi connectivity index (χ4v) is 1.32. The van der Waals surface area contributed by atoms with E-state index in [1.165, 1.54) is 0 Å². The SMILES string of the molecule is O=C(CC(I)(I)I)C(F)(F)F. The van der Waals surface area contributed by atoms with Gasteiger partial charge in [0.1, 0.15) is -0.565 Å². The molecule has 0 unspecified atom stereocenters. The normalized spacial score (nSPS) is 13.3. The predicted molar refractivity (Wildman–Crippen MR) is 60.5 cm³/mol. The monoisotopic (exact) mass is 504 g/mol. The number of ketones is 1. The van der Waals surface area contributed by atoms with E-state index in [2.05, 4.69) is 0 Å². The number of alkyl halides is 6. The molecule has 0 amide bonds. The lowest BCUT2D eigenvalue weighted by atomic mass is 10.3. The van der Waals surface area contributed by atoms with Gasteiger partial charge in [-0.2, -0.15) is 13.2 Å². The molecule has 7 heteroatoms. The maximum atomic E-state index is 11.6. The maximum absolute atomic E-state index is 11.6. The van der Waals surface area contributed by atoms with Gasteiger partial charge in [0, 0.05) is 6.42 Å². The Morgan fingerprint density at radius 1 is 1.18 bits per heavy atom. The van der Waals surface area contributed by atoms with Crippen LogP contribution in [0.5, 0.6) is 0 Å². The van der Waals surface area contributed by atoms with Crippen LogP contribution in [0.15, 0.2) is 0 Å². The third-order valence-corrected chi connectivity index (χ3v) is 1.82. The van der Waals surface area contributed by atoms with Crippen LogP contribution in [0.1, 0.15) is 6.42 Å². The largest absolute Gasteiger partial charge is 0.450 e. The molecule has 11 heavy (non-hydrogen) atoms. The minimum atomic E-state index is -4.69. The molecule has 0 heterocycles. The number of carbonyl (C=O) groups excluding carboxylic acids is 1. The van der Waals surface area contributed by atoms with Gasteiger partial charge in [-0.1, -0.05) is 67.8 Å². The van der Waals surface area contributed by atoms with Crippen LogP contribution in [0.4, 0.5) is 13.2 Å². The minimum Gasteiger partial charge on any atom is -0.289 e. The molecule has 0 radical (unpaired) electrons. The van der Waals surface area contributed by atoms with Crippen LogP contribution in [-0.4, -0.2) is 11.4 Å². The van der Waals surface area contributed by atoms with Crippen LogP contribution in [0.2, 0.25) is 0 Å². The second kappa shape index (κ2) is 4.24. The highest BCUT2D eigenvalue weighted by Gasteiger charge is 2.41. The molecule has 0 rings (SSSR count). The van der Waals surface area contributed by atoms with Crippen molar-refractivity contribution in [2.45, 2.75) is 12.0 Å². The van der Waals surface area contributed by atoms with E-state index in [4.69, 9.17) is 0 Å². The summed E-state index contributed by atoms with van der Waals surface area (Å²) in [6, 6.07) is 0. The first kappa shape index (κ1) is 12.7. The van der Waals surface area contributed by atoms with Crippen molar-refractivity contribution < 1.29 is 18.0 Å². The summed E-state index contributed by atoms with van der Waals surface area (Å²) in [5.74, 6) is -1.67. The second-order valence-electron chi connectivity index (χ2n) is 1.71. The summed E-state index contributed by atoms with van der Waals surface area (Å²) in [4.78, 5) is 10.3. The molecular formula is C4H2F3I3O. The van der Waals surface area contributed by atoms with Crippen LogP contribution >= 0.6 is 67.8 Å². The van der Waals surface area contributed by atoms with Gasteiger partial charge in [-0.3, -0.25) is 4.79 Å². The van der Waals surface area contributed by atoms with E-state index in [0.717, 1.165) is 0 Å². The Labute approximate surface area is 102 Å². The minimum absolute atomic E-state index is 0.488. The molecule has 0 aliphatic carbocycles. The van der Waals surface area contributed by atoms with Gasteiger partial charge in [-0.05, 0) is 0 Å². The van der Waals surface area contributed by atoms with E-state index >= 15 is 0 Å². The van der Waals surface area contributed by atoms with Crippen molar-refractivity contribution in [3.05, 3.63) is 0 Å². The van der Waals surface area contributed by atoms with E-state index in [1.807, 2.05) is 0 Å². The van der Waals surface area contributed by atoms with Gasteiger partial charge in [-0.25, -0.2) is 0 Å². The highest BCUT2D eigenvalue weighted by atomic mass is 127. The first-order valence-corrected chi connectivity index (χ1v) is 5.53. The predicted octanol–water partition coefficient (Wildman–Crippen LogP) is 3.47. The number of halogens is 6. The van der Waals surface area contributed by atoms with Crippen LogP contribution in [0, 0.1) is 0 Å². The van der Waals surface area contributed by atoms with Gasteiger partial charge in [0.2, 0.25) is 5.78 Å². The Bertz CT molecular complexity index is 159. The molecule has 1 nitrogen and oxygen atoms in total. The molecular weight excluding hydrogens is 502 g/mol. The molecule has 0 aromatic heterocycles. The molecule has 0 spiro atoms. The lowest BCUT2D eigenvalue weighted by Crippen LogP contribution is -2.26. The third-order valence-electron chi connectivity index (χ3n) is 0.677. The van der Waals surface area contributed by atoms with E-state index in [-0.39, 0.29) is 0 Å². The molecule has 0 bridgehead atoms. The zero-order valence-corrected chi connectivity index (χ0v) is 11.4. The van der Waals surface area contributed by atoms with Gasteiger partial charge in [0.15, 0.2) is 0 Å². The van der Waals surface area contributed by atoms with Crippen molar-refractivity contribution in [1.82, 2.24) is 0 Å². The molecule has 66 valence electrons. The van der Waals surface area contributed by atoms with Gasteiger partial charge in [-0.15, -0.1) is 0 Å². The molecule has 0 atom stereocenters. The standard InChI is InChI=1S/C4H2F3I3O/c5-4(6,7)2(11)1-3(8,9)10/h1H2. The summed E-state index contributed by atoms with van der Waals surface area (Å²) < 4.78 is 34.2. The molecule has 0 fully saturated rings.